The van der Waals surface area contributed by atoms with E-state index in [4.69, 9.17) is 14.2 Å². The smallest absolute Gasteiger partial charge is 0.306 e. The average molecular weight is 748 g/mol. The van der Waals surface area contributed by atoms with Gasteiger partial charge in [-0.25, -0.2) is 0 Å². The second-order valence-electron chi connectivity index (χ2n) is 15.6. The first kappa shape index (κ1) is 50.5. The van der Waals surface area contributed by atoms with Gasteiger partial charge in [0.2, 0.25) is 0 Å². The summed E-state index contributed by atoms with van der Waals surface area (Å²) in [6.07, 6.45) is 40.2. The van der Waals surface area contributed by atoms with Gasteiger partial charge in [-0.2, -0.15) is 0 Å². The molecule has 0 saturated heterocycles. The minimum absolute atomic E-state index is 0.0261. The lowest BCUT2D eigenvalue weighted by Gasteiger charge is -2.34. The minimum atomic E-state index is -1.13. The summed E-state index contributed by atoms with van der Waals surface area (Å²) in [4.78, 5) is 36.8. The van der Waals surface area contributed by atoms with Gasteiger partial charge >= 0.3 is 11.9 Å². The van der Waals surface area contributed by atoms with Crippen molar-refractivity contribution in [1.82, 2.24) is 0 Å². The first-order valence-electron chi connectivity index (χ1n) is 21.5. The number of carboxylic acid groups (broad SMARTS) is 1. The molecule has 0 rings (SSSR count). The highest BCUT2D eigenvalue weighted by Gasteiger charge is 2.25. The molecule has 0 bridgehead atoms. The molecule has 0 aliphatic carbocycles. The van der Waals surface area contributed by atoms with Crippen molar-refractivity contribution in [2.24, 2.45) is 0 Å². The van der Waals surface area contributed by atoms with Crippen LogP contribution in [0.5, 0.6) is 0 Å². The van der Waals surface area contributed by atoms with Crippen molar-refractivity contribution >= 4 is 17.9 Å². The van der Waals surface area contributed by atoms with Crippen LogP contribution in [0, 0.1) is 0 Å². The summed E-state index contributed by atoms with van der Waals surface area (Å²) < 4.78 is 17.1. The number of ether oxygens (including phenoxy) is 3. The number of hydrogen-bond acceptors (Lipinski definition) is 7. The maximum absolute atomic E-state index is 12.7. The Morgan fingerprint density at radius 3 is 1.47 bits per heavy atom. The summed E-state index contributed by atoms with van der Waals surface area (Å²) in [5.41, 5.74) is 0. The summed E-state index contributed by atoms with van der Waals surface area (Å²) in [5.74, 6) is -1.79. The van der Waals surface area contributed by atoms with Gasteiger partial charge in [0.15, 0.2) is 6.10 Å². The molecule has 0 fully saturated rings. The highest BCUT2D eigenvalue weighted by Crippen LogP contribution is 2.12. The van der Waals surface area contributed by atoms with Crippen LogP contribution in [0.25, 0.3) is 0 Å². The third-order valence-electron chi connectivity index (χ3n) is 9.53. The SMILES string of the molecule is CCCCCCCC/C=C/CCCCCC(=O)OCC(COCCC(C(=O)[O-])[N+](C)(C)C)OC(=O)CCCCC/C=C/C=C/CCCCCCCCC. The molecule has 0 radical (unpaired) electrons. The van der Waals surface area contributed by atoms with Gasteiger partial charge in [-0.1, -0.05) is 134 Å². The van der Waals surface area contributed by atoms with Gasteiger partial charge < -0.3 is 28.6 Å². The Kier molecular flexibility index (Phi) is 34.8. The predicted octanol–water partition coefficient (Wildman–Crippen LogP) is 10.1. The van der Waals surface area contributed by atoms with E-state index in [1.807, 2.05) is 0 Å². The molecule has 0 spiro atoms. The van der Waals surface area contributed by atoms with Gasteiger partial charge in [0.25, 0.3) is 0 Å². The second kappa shape index (κ2) is 36.5. The quantitative estimate of drug-likeness (QED) is 0.0204. The fraction of sp³-hybridized carbons (Fsp3) is 0.800. The third-order valence-corrected chi connectivity index (χ3v) is 9.53. The highest BCUT2D eigenvalue weighted by atomic mass is 16.6. The zero-order valence-electron chi connectivity index (χ0n) is 34.9. The summed E-state index contributed by atoms with van der Waals surface area (Å²) in [6.45, 7) is 4.60. The maximum Gasteiger partial charge on any atom is 0.306 e. The molecule has 53 heavy (non-hydrogen) atoms. The van der Waals surface area contributed by atoms with Crippen LogP contribution >= 0.6 is 0 Å². The lowest BCUT2D eigenvalue weighted by atomic mass is 10.1. The molecule has 0 amide bonds. The van der Waals surface area contributed by atoms with Crippen LogP contribution in [0.4, 0.5) is 0 Å². The molecule has 2 unspecified atom stereocenters. The van der Waals surface area contributed by atoms with Crippen LogP contribution in [0.15, 0.2) is 36.5 Å². The molecule has 8 nitrogen and oxygen atoms in total. The van der Waals surface area contributed by atoms with Gasteiger partial charge in [-0.3, -0.25) is 9.59 Å². The highest BCUT2D eigenvalue weighted by molar-refractivity contribution is 5.70. The fourth-order valence-electron chi connectivity index (χ4n) is 6.11. The van der Waals surface area contributed by atoms with E-state index in [9.17, 15) is 19.5 Å². The summed E-state index contributed by atoms with van der Waals surface area (Å²) >= 11 is 0. The van der Waals surface area contributed by atoms with Crippen molar-refractivity contribution in [3.8, 4) is 0 Å². The van der Waals surface area contributed by atoms with Crippen LogP contribution in [-0.4, -0.2) is 75.5 Å². The van der Waals surface area contributed by atoms with Crippen LogP contribution in [0.3, 0.4) is 0 Å². The minimum Gasteiger partial charge on any atom is -0.544 e. The molecule has 0 heterocycles. The molecule has 2 atom stereocenters. The maximum atomic E-state index is 12.7. The topological polar surface area (TPSA) is 102 Å². The number of quaternary nitrogens is 1. The lowest BCUT2D eigenvalue weighted by Crippen LogP contribution is -2.55. The van der Waals surface area contributed by atoms with Crippen molar-refractivity contribution in [1.29, 1.82) is 0 Å². The Bertz CT molecular complexity index is 968. The zero-order valence-corrected chi connectivity index (χ0v) is 34.9. The molecule has 0 aromatic carbocycles. The number of allylic oxidation sites excluding steroid dienone is 6. The van der Waals surface area contributed by atoms with E-state index >= 15 is 0 Å². The average Bonchev–Trinajstić information content (AvgIpc) is 3.11. The largest absolute Gasteiger partial charge is 0.544 e. The van der Waals surface area contributed by atoms with Gasteiger partial charge in [-0.05, 0) is 64.2 Å². The molecule has 0 aromatic heterocycles. The van der Waals surface area contributed by atoms with E-state index in [2.05, 4.69) is 50.3 Å². The first-order chi connectivity index (χ1) is 25.6. The summed E-state index contributed by atoms with van der Waals surface area (Å²) in [6, 6.07) is -0.731. The molecule has 308 valence electrons. The summed E-state index contributed by atoms with van der Waals surface area (Å²) in [7, 11) is 5.39. The van der Waals surface area contributed by atoms with Crippen molar-refractivity contribution in [2.45, 2.75) is 193 Å². The number of nitrogens with zero attached hydrogens (tertiary/aromatic N) is 1. The molecular weight excluding hydrogens is 666 g/mol. The Hall–Kier alpha value is -2.45. The van der Waals surface area contributed by atoms with E-state index in [-0.39, 0.29) is 49.1 Å². The van der Waals surface area contributed by atoms with Crippen LogP contribution in [0.2, 0.25) is 0 Å². The van der Waals surface area contributed by atoms with Gasteiger partial charge in [0, 0.05) is 19.3 Å². The number of rotatable bonds is 38. The lowest BCUT2D eigenvalue weighted by molar-refractivity contribution is -0.889. The molecular formula is C45H81NO7. The van der Waals surface area contributed by atoms with Crippen LogP contribution in [0.1, 0.15) is 181 Å². The molecule has 0 N–H and O–H groups in total. The second-order valence-corrected chi connectivity index (χ2v) is 15.6. The number of aliphatic carboxylic acids is 1. The zero-order chi connectivity index (χ0) is 39.3. The number of carboxylic acids is 1. The molecule has 0 aliphatic rings. The normalized spacial score (nSPS) is 13.3. The Morgan fingerprint density at radius 2 is 1.00 bits per heavy atom. The summed E-state index contributed by atoms with van der Waals surface area (Å²) in [5, 5.41) is 11.6. The fourth-order valence-corrected chi connectivity index (χ4v) is 6.11. The van der Waals surface area contributed by atoms with Crippen molar-refractivity contribution in [3.63, 3.8) is 0 Å². The van der Waals surface area contributed by atoms with Crippen molar-refractivity contribution in [3.05, 3.63) is 36.5 Å². The van der Waals surface area contributed by atoms with Gasteiger partial charge in [-0.15, -0.1) is 0 Å². The van der Waals surface area contributed by atoms with Gasteiger partial charge in [0.05, 0.1) is 40.3 Å². The monoisotopic (exact) mass is 748 g/mol. The van der Waals surface area contributed by atoms with Crippen LogP contribution in [-0.2, 0) is 28.6 Å². The number of esters is 2. The number of carbonyl (C=O) groups is 3. The first-order valence-corrected chi connectivity index (χ1v) is 21.5. The van der Waals surface area contributed by atoms with E-state index < -0.39 is 18.1 Å². The third kappa shape index (κ3) is 35.0. The number of unbranched alkanes of at least 4 members (excludes halogenated alkanes) is 19. The number of carbonyl (C=O) groups excluding carboxylic acids is 3. The molecule has 8 heteroatoms. The number of likely N-dealkylation sites (N-methyl/N-ethyl adjacent to an activating group) is 1. The Labute approximate surface area is 325 Å². The Balaban J connectivity index is 4.44. The van der Waals surface area contributed by atoms with E-state index in [0.717, 1.165) is 64.2 Å². The van der Waals surface area contributed by atoms with E-state index in [1.165, 1.54) is 83.5 Å². The Morgan fingerprint density at radius 1 is 0.566 bits per heavy atom. The number of hydrogen-bond donors (Lipinski definition) is 0. The van der Waals surface area contributed by atoms with E-state index in [1.54, 1.807) is 21.1 Å². The van der Waals surface area contributed by atoms with Crippen molar-refractivity contribution < 1.29 is 38.2 Å². The standard InChI is InChI=1S/C45H81NO7/c1-6-8-10-12-14-16-18-20-21-22-24-26-28-30-32-34-36-44(48)53-41(39-51-38-37-42(45(49)50)46(3,4)5)40-52-43(47)35-33-31-29-27-25-23-19-17-15-13-11-9-7-2/h21-26,41-42H,6-20,27-40H2,1-5H3/b22-21+,25-23+,26-24+. The van der Waals surface area contributed by atoms with Crippen LogP contribution < -0.4 is 5.11 Å². The molecule has 0 aliphatic heterocycles. The van der Waals surface area contributed by atoms with Gasteiger partial charge in [0.1, 0.15) is 12.6 Å². The van der Waals surface area contributed by atoms with E-state index in [0.29, 0.717) is 6.42 Å². The molecule has 0 aromatic rings. The van der Waals surface area contributed by atoms with Crippen molar-refractivity contribution in [2.75, 3.05) is 41.0 Å². The molecule has 0 saturated carbocycles. The predicted molar refractivity (Wildman–Crippen MR) is 217 cm³/mol.